The number of carbonyl (C=O) groups is 1. The Balaban J connectivity index is 2.42. The summed E-state index contributed by atoms with van der Waals surface area (Å²) in [6.07, 6.45) is 2.29. The summed E-state index contributed by atoms with van der Waals surface area (Å²) in [5.41, 5.74) is -0.527. The fourth-order valence-corrected chi connectivity index (χ4v) is 3.21. The quantitative estimate of drug-likeness (QED) is 0.781. The normalized spacial score (nSPS) is 25.9. The minimum atomic E-state index is -3.98. The third kappa shape index (κ3) is 5.66. The lowest BCUT2D eigenvalue weighted by molar-refractivity contribution is 0.0487. The zero-order chi connectivity index (χ0) is 15.6. The first-order valence-electron chi connectivity index (χ1n) is 6.95. The summed E-state index contributed by atoms with van der Waals surface area (Å²) >= 11 is 0. The molecule has 1 atom stereocenters. The van der Waals surface area contributed by atoms with Gasteiger partial charge >= 0.3 is 6.09 Å². The van der Waals surface area contributed by atoms with Crippen molar-refractivity contribution in [3.63, 3.8) is 0 Å². The topological polar surface area (TPSA) is 92.7 Å². The molecule has 1 fully saturated rings. The second-order valence-corrected chi connectivity index (χ2v) is 8.25. The van der Waals surface area contributed by atoms with Crippen molar-refractivity contribution < 1.29 is 22.5 Å². The lowest BCUT2D eigenvalue weighted by Crippen LogP contribution is -2.42. The predicted molar refractivity (Wildman–Crippen MR) is 76.1 cm³/mol. The molecule has 1 unspecified atom stereocenters. The van der Waals surface area contributed by atoms with Gasteiger partial charge in [-0.15, -0.1) is 0 Å². The van der Waals surface area contributed by atoms with E-state index in [0.29, 0.717) is 25.7 Å². The maximum Gasteiger partial charge on any atom is 0.407 e. The second kappa shape index (κ2) is 6.30. The molecule has 6 nitrogen and oxygen atoms in total. The Bertz CT molecular complexity index is 432. The molecule has 0 aliphatic heterocycles. The predicted octanol–water partition coefficient (Wildman–Crippen LogP) is 2.35. The van der Waals surface area contributed by atoms with Crippen molar-refractivity contribution in [3.05, 3.63) is 0 Å². The van der Waals surface area contributed by atoms with Crippen LogP contribution in [-0.2, 0) is 14.9 Å². The van der Waals surface area contributed by atoms with E-state index in [1.807, 2.05) is 0 Å². The molecule has 2 N–H and O–H groups in total. The molecule has 0 aromatic heterocycles. The van der Waals surface area contributed by atoms with Crippen LogP contribution >= 0.6 is 0 Å². The number of nitrogens with one attached hydrogen (secondary N) is 1. The van der Waals surface area contributed by atoms with Gasteiger partial charge in [-0.2, -0.15) is 8.42 Å². The van der Waals surface area contributed by atoms with Crippen molar-refractivity contribution >= 4 is 16.2 Å². The molecule has 20 heavy (non-hydrogen) atoms. The van der Waals surface area contributed by atoms with E-state index in [1.54, 1.807) is 20.8 Å². The van der Waals surface area contributed by atoms with E-state index >= 15 is 0 Å². The van der Waals surface area contributed by atoms with Crippen LogP contribution < -0.4 is 5.32 Å². The maximum absolute atomic E-state index is 11.6. The first-order valence-corrected chi connectivity index (χ1v) is 8.45. The number of carbonyl (C=O) groups excluding carboxylic acids is 1. The number of alkyl carbamates (subject to hydrolysis) is 1. The number of ether oxygens (including phenoxy) is 1. The van der Waals surface area contributed by atoms with Crippen LogP contribution in [0.1, 0.15) is 53.4 Å². The van der Waals surface area contributed by atoms with E-state index in [2.05, 4.69) is 5.32 Å². The molecule has 0 saturated heterocycles. The van der Waals surface area contributed by atoms with Crippen molar-refractivity contribution in [1.82, 2.24) is 5.32 Å². The van der Waals surface area contributed by atoms with Gasteiger partial charge in [-0.1, -0.05) is 0 Å². The van der Waals surface area contributed by atoms with E-state index in [1.165, 1.54) is 6.92 Å². The van der Waals surface area contributed by atoms with Gasteiger partial charge in [-0.05, 0) is 59.3 Å². The van der Waals surface area contributed by atoms with Gasteiger partial charge in [0.25, 0.3) is 10.1 Å². The van der Waals surface area contributed by atoms with Crippen LogP contribution in [0, 0.1) is 5.92 Å². The van der Waals surface area contributed by atoms with Crippen molar-refractivity contribution in [3.8, 4) is 0 Å². The van der Waals surface area contributed by atoms with Crippen LogP contribution in [0.3, 0.4) is 0 Å². The molecular weight excluding hydrogens is 282 g/mol. The standard InChI is InChI=1S/C13H25NO5S/c1-9(20(16,17)18)10-5-7-11(8-6-10)14-12(15)19-13(2,3)4/h9-11H,5-8H2,1-4H3,(H,14,15)(H,16,17,18). The third-order valence-electron chi connectivity index (χ3n) is 3.63. The van der Waals surface area contributed by atoms with Crippen LogP contribution in [0.5, 0.6) is 0 Å². The lowest BCUT2D eigenvalue weighted by Gasteiger charge is -2.31. The van der Waals surface area contributed by atoms with Crippen LogP contribution in [-0.4, -0.2) is 36.0 Å². The van der Waals surface area contributed by atoms with Crippen LogP contribution in [0.4, 0.5) is 4.79 Å². The van der Waals surface area contributed by atoms with Gasteiger partial charge < -0.3 is 10.1 Å². The summed E-state index contributed by atoms with van der Waals surface area (Å²) in [5.74, 6) is -0.0540. The summed E-state index contributed by atoms with van der Waals surface area (Å²) in [5, 5.41) is 2.06. The average molecular weight is 307 g/mol. The molecule has 0 aromatic rings. The molecule has 1 aliphatic rings. The zero-order valence-electron chi connectivity index (χ0n) is 12.5. The molecule has 0 spiro atoms. The molecule has 1 aliphatic carbocycles. The Hall–Kier alpha value is -0.820. The monoisotopic (exact) mass is 307 g/mol. The second-order valence-electron chi connectivity index (χ2n) is 6.48. The molecule has 1 rings (SSSR count). The highest BCUT2D eigenvalue weighted by Gasteiger charge is 2.32. The van der Waals surface area contributed by atoms with E-state index in [4.69, 9.17) is 9.29 Å². The Labute approximate surface area is 121 Å². The fourth-order valence-electron chi connectivity index (χ4n) is 2.45. The summed E-state index contributed by atoms with van der Waals surface area (Å²) in [6, 6.07) is 0.00898. The molecule has 0 heterocycles. The van der Waals surface area contributed by atoms with Gasteiger partial charge in [0.2, 0.25) is 0 Å². The van der Waals surface area contributed by atoms with E-state index in [9.17, 15) is 13.2 Å². The Kier molecular flexibility index (Phi) is 5.43. The van der Waals surface area contributed by atoms with E-state index < -0.39 is 27.1 Å². The molecule has 7 heteroatoms. The number of amides is 1. The largest absolute Gasteiger partial charge is 0.444 e. The maximum atomic E-state index is 11.6. The van der Waals surface area contributed by atoms with Crippen molar-refractivity contribution in [1.29, 1.82) is 0 Å². The van der Waals surface area contributed by atoms with Crippen LogP contribution in [0.25, 0.3) is 0 Å². The van der Waals surface area contributed by atoms with Crippen LogP contribution in [0.2, 0.25) is 0 Å². The highest BCUT2D eigenvalue weighted by atomic mass is 32.2. The van der Waals surface area contributed by atoms with Gasteiger partial charge in [-0.25, -0.2) is 4.79 Å². The molecule has 0 aromatic carbocycles. The van der Waals surface area contributed by atoms with Gasteiger partial charge in [0.1, 0.15) is 5.60 Å². The molecular formula is C13H25NO5S. The lowest BCUT2D eigenvalue weighted by atomic mass is 9.84. The van der Waals surface area contributed by atoms with Crippen molar-refractivity contribution in [2.24, 2.45) is 5.92 Å². The summed E-state index contributed by atoms with van der Waals surface area (Å²) < 4.78 is 36.5. The Morgan fingerprint density at radius 3 is 2.15 bits per heavy atom. The number of hydrogen-bond acceptors (Lipinski definition) is 4. The SMILES string of the molecule is CC(C1CCC(NC(=O)OC(C)(C)C)CC1)S(=O)(=O)O. The summed E-state index contributed by atoms with van der Waals surface area (Å²) in [6.45, 7) is 6.94. The summed E-state index contributed by atoms with van der Waals surface area (Å²) in [4.78, 5) is 11.6. The third-order valence-corrected chi connectivity index (χ3v) is 4.95. The first kappa shape index (κ1) is 17.2. The number of hydrogen-bond donors (Lipinski definition) is 2. The van der Waals surface area contributed by atoms with Gasteiger partial charge in [-0.3, -0.25) is 4.55 Å². The zero-order valence-corrected chi connectivity index (χ0v) is 13.4. The molecule has 1 amide bonds. The summed E-state index contributed by atoms with van der Waals surface area (Å²) in [7, 11) is -3.98. The van der Waals surface area contributed by atoms with Crippen LogP contribution in [0.15, 0.2) is 0 Å². The van der Waals surface area contributed by atoms with E-state index in [-0.39, 0.29) is 12.0 Å². The minimum absolute atomic E-state index is 0.00898. The molecule has 118 valence electrons. The molecule has 0 bridgehead atoms. The van der Waals surface area contributed by atoms with Gasteiger partial charge in [0, 0.05) is 6.04 Å². The Morgan fingerprint density at radius 2 is 1.75 bits per heavy atom. The highest BCUT2D eigenvalue weighted by Crippen LogP contribution is 2.29. The minimum Gasteiger partial charge on any atom is -0.444 e. The van der Waals surface area contributed by atoms with Gasteiger partial charge in [0.05, 0.1) is 5.25 Å². The van der Waals surface area contributed by atoms with Crippen molar-refractivity contribution in [2.45, 2.75) is 70.3 Å². The average Bonchev–Trinajstić information content (AvgIpc) is 2.25. The van der Waals surface area contributed by atoms with E-state index in [0.717, 1.165) is 0 Å². The molecule has 1 saturated carbocycles. The van der Waals surface area contributed by atoms with Gasteiger partial charge in [0.15, 0.2) is 0 Å². The fraction of sp³-hybridized carbons (Fsp3) is 0.923. The first-order chi connectivity index (χ1) is 8.99. The highest BCUT2D eigenvalue weighted by molar-refractivity contribution is 7.86. The number of rotatable bonds is 3. The Morgan fingerprint density at radius 1 is 1.25 bits per heavy atom. The molecule has 0 radical (unpaired) electrons. The smallest absolute Gasteiger partial charge is 0.407 e. The van der Waals surface area contributed by atoms with Crippen molar-refractivity contribution in [2.75, 3.05) is 0 Å².